The quantitative estimate of drug-likeness (QED) is 0.721. The van der Waals surface area contributed by atoms with E-state index in [1.54, 1.807) is 25.8 Å². The lowest BCUT2D eigenvalue weighted by molar-refractivity contribution is 0.194. The summed E-state index contributed by atoms with van der Waals surface area (Å²) < 4.78 is 7.13. The lowest BCUT2D eigenvalue weighted by Gasteiger charge is -2.36. The van der Waals surface area contributed by atoms with Crippen LogP contribution < -0.4 is 15.0 Å². The summed E-state index contributed by atoms with van der Waals surface area (Å²) >= 11 is 0. The molecule has 1 aliphatic rings. The van der Waals surface area contributed by atoms with Gasteiger partial charge in [0.05, 0.1) is 7.11 Å². The Kier molecular flexibility index (Phi) is 5.60. The second-order valence-corrected chi connectivity index (χ2v) is 6.83. The molecule has 2 amide bonds. The SMILES string of the molecule is COc1cccc(N2CCN(C(=O)NCc3ccc(-n4ccnc4)nc3)CC2)c1. The Hall–Kier alpha value is -3.55. The standard InChI is InChI=1S/C21H24N6O2/c1-29-19-4-2-3-18(13-19)25-9-11-26(12-10-25)21(28)24-15-17-5-6-20(23-14-17)27-8-7-22-16-27/h2-8,13-14,16H,9-12,15H2,1H3,(H,24,28). The third kappa shape index (κ3) is 4.48. The number of nitrogens with zero attached hydrogens (tertiary/aromatic N) is 5. The molecule has 0 aliphatic carbocycles. The molecule has 0 radical (unpaired) electrons. The number of pyridine rings is 1. The first-order valence-electron chi connectivity index (χ1n) is 9.58. The van der Waals surface area contributed by atoms with E-state index in [9.17, 15) is 4.79 Å². The fourth-order valence-electron chi connectivity index (χ4n) is 3.33. The van der Waals surface area contributed by atoms with Crippen molar-refractivity contribution >= 4 is 11.7 Å². The molecular formula is C21H24N6O2. The molecule has 0 spiro atoms. The number of methoxy groups -OCH3 is 1. The van der Waals surface area contributed by atoms with E-state index >= 15 is 0 Å². The first-order valence-corrected chi connectivity index (χ1v) is 9.58. The monoisotopic (exact) mass is 392 g/mol. The summed E-state index contributed by atoms with van der Waals surface area (Å²) in [5, 5.41) is 2.99. The number of urea groups is 1. The van der Waals surface area contributed by atoms with Crippen LogP contribution in [0.1, 0.15) is 5.56 Å². The molecule has 1 aromatic carbocycles. The summed E-state index contributed by atoms with van der Waals surface area (Å²) in [6.45, 7) is 3.40. The van der Waals surface area contributed by atoms with Crippen molar-refractivity contribution in [3.63, 3.8) is 0 Å². The highest BCUT2D eigenvalue weighted by atomic mass is 16.5. The average molecular weight is 392 g/mol. The number of imidazole rings is 1. The first kappa shape index (κ1) is 18.8. The van der Waals surface area contributed by atoms with Gasteiger partial charge in [-0.2, -0.15) is 0 Å². The molecule has 2 aromatic heterocycles. The van der Waals surface area contributed by atoms with Crippen LogP contribution in [0, 0.1) is 0 Å². The number of benzene rings is 1. The van der Waals surface area contributed by atoms with Crippen molar-refractivity contribution in [2.24, 2.45) is 0 Å². The molecule has 1 saturated heterocycles. The van der Waals surface area contributed by atoms with Crippen molar-refractivity contribution in [1.29, 1.82) is 0 Å². The van der Waals surface area contributed by atoms with Gasteiger partial charge in [-0.3, -0.25) is 4.57 Å². The third-order valence-corrected chi connectivity index (χ3v) is 5.01. The molecule has 3 aromatic rings. The Morgan fingerprint density at radius 2 is 2.03 bits per heavy atom. The van der Waals surface area contributed by atoms with Gasteiger partial charge in [-0.15, -0.1) is 0 Å². The zero-order chi connectivity index (χ0) is 20.1. The molecule has 0 bridgehead atoms. The molecule has 0 unspecified atom stereocenters. The molecule has 1 N–H and O–H groups in total. The fraction of sp³-hybridized carbons (Fsp3) is 0.286. The second kappa shape index (κ2) is 8.64. The van der Waals surface area contributed by atoms with Gasteiger partial charge in [0, 0.05) is 63.1 Å². The number of nitrogens with one attached hydrogen (secondary N) is 1. The maximum absolute atomic E-state index is 12.5. The highest BCUT2D eigenvalue weighted by Crippen LogP contribution is 2.22. The number of hydrogen-bond acceptors (Lipinski definition) is 5. The number of piperazine rings is 1. The molecule has 8 nitrogen and oxygen atoms in total. The Balaban J connectivity index is 1.26. The van der Waals surface area contributed by atoms with E-state index in [0.29, 0.717) is 19.6 Å². The summed E-state index contributed by atoms with van der Waals surface area (Å²) in [7, 11) is 1.67. The Bertz CT molecular complexity index is 934. The third-order valence-electron chi connectivity index (χ3n) is 5.01. The normalized spacial score (nSPS) is 14.0. The fourth-order valence-corrected chi connectivity index (χ4v) is 3.33. The Morgan fingerprint density at radius 3 is 2.72 bits per heavy atom. The van der Waals surface area contributed by atoms with Gasteiger partial charge in [-0.05, 0) is 23.8 Å². The number of carbonyl (C=O) groups is 1. The zero-order valence-corrected chi connectivity index (χ0v) is 16.4. The average Bonchev–Trinajstić information content (AvgIpc) is 3.33. The van der Waals surface area contributed by atoms with Crippen LogP contribution >= 0.6 is 0 Å². The molecule has 1 aliphatic heterocycles. The molecule has 3 heterocycles. The smallest absolute Gasteiger partial charge is 0.317 e. The molecule has 150 valence electrons. The van der Waals surface area contributed by atoms with E-state index in [4.69, 9.17) is 4.74 Å². The molecule has 8 heteroatoms. The van der Waals surface area contributed by atoms with Crippen molar-refractivity contribution < 1.29 is 9.53 Å². The molecular weight excluding hydrogens is 368 g/mol. The summed E-state index contributed by atoms with van der Waals surface area (Å²) in [6.07, 6.45) is 7.03. The van der Waals surface area contributed by atoms with Crippen LogP contribution in [0.3, 0.4) is 0 Å². The minimum Gasteiger partial charge on any atom is -0.497 e. The Labute approximate surface area is 169 Å². The molecule has 4 rings (SSSR count). The van der Waals surface area contributed by atoms with Crippen LogP contribution in [0.2, 0.25) is 0 Å². The number of carbonyl (C=O) groups excluding carboxylic acids is 1. The molecule has 0 atom stereocenters. The summed E-state index contributed by atoms with van der Waals surface area (Å²) in [5.41, 5.74) is 2.07. The maximum Gasteiger partial charge on any atom is 0.317 e. The van der Waals surface area contributed by atoms with Crippen molar-refractivity contribution in [2.75, 3.05) is 38.2 Å². The number of aromatic nitrogens is 3. The van der Waals surface area contributed by atoms with Crippen LogP contribution in [-0.2, 0) is 6.54 Å². The van der Waals surface area contributed by atoms with Gasteiger partial charge >= 0.3 is 6.03 Å². The number of rotatable bonds is 5. The van der Waals surface area contributed by atoms with Gasteiger partial charge in [-0.1, -0.05) is 12.1 Å². The lowest BCUT2D eigenvalue weighted by atomic mass is 10.2. The van der Waals surface area contributed by atoms with Gasteiger partial charge in [0.1, 0.15) is 17.9 Å². The van der Waals surface area contributed by atoms with Crippen molar-refractivity contribution in [1.82, 2.24) is 24.8 Å². The Morgan fingerprint density at radius 1 is 1.17 bits per heavy atom. The van der Waals surface area contributed by atoms with Crippen LogP contribution in [-0.4, -0.2) is 58.8 Å². The summed E-state index contributed by atoms with van der Waals surface area (Å²) in [5.74, 6) is 1.64. The van der Waals surface area contributed by atoms with Gasteiger partial charge in [-0.25, -0.2) is 14.8 Å². The lowest BCUT2D eigenvalue weighted by Crippen LogP contribution is -2.51. The topological polar surface area (TPSA) is 75.5 Å². The van der Waals surface area contributed by atoms with Crippen molar-refractivity contribution in [3.8, 4) is 11.6 Å². The number of amides is 2. The maximum atomic E-state index is 12.5. The molecule has 0 saturated carbocycles. The van der Waals surface area contributed by atoms with E-state index in [1.165, 1.54) is 0 Å². The zero-order valence-electron chi connectivity index (χ0n) is 16.4. The van der Waals surface area contributed by atoms with Gasteiger partial charge < -0.3 is 19.9 Å². The van der Waals surface area contributed by atoms with Gasteiger partial charge in [0.2, 0.25) is 0 Å². The first-order chi connectivity index (χ1) is 14.2. The van der Waals surface area contributed by atoms with Crippen LogP contribution in [0.25, 0.3) is 5.82 Å². The van der Waals surface area contributed by atoms with E-state index in [-0.39, 0.29) is 6.03 Å². The van der Waals surface area contributed by atoms with Gasteiger partial charge in [0.25, 0.3) is 0 Å². The van der Waals surface area contributed by atoms with Crippen molar-refractivity contribution in [3.05, 3.63) is 66.9 Å². The highest BCUT2D eigenvalue weighted by molar-refractivity contribution is 5.74. The van der Waals surface area contributed by atoms with Gasteiger partial charge in [0.15, 0.2) is 0 Å². The molecule has 1 fully saturated rings. The number of anilines is 1. The van der Waals surface area contributed by atoms with Crippen LogP contribution in [0.15, 0.2) is 61.3 Å². The van der Waals surface area contributed by atoms with E-state index in [0.717, 1.165) is 35.9 Å². The van der Waals surface area contributed by atoms with Crippen LogP contribution in [0.5, 0.6) is 5.75 Å². The minimum absolute atomic E-state index is 0.0472. The van der Waals surface area contributed by atoms with Crippen LogP contribution in [0.4, 0.5) is 10.5 Å². The van der Waals surface area contributed by atoms with Crippen molar-refractivity contribution in [2.45, 2.75) is 6.54 Å². The summed E-state index contributed by atoms with van der Waals surface area (Å²) in [6, 6.07) is 11.8. The highest BCUT2D eigenvalue weighted by Gasteiger charge is 2.21. The van der Waals surface area contributed by atoms with E-state index in [1.807, 2.05) is 46.0 Å². The van der Waals surface area contributed by atoms with E-state index < -0.39 is 0 Å². The summed E-state index contributed by atoms with van der Waals surface area (Å²) in [4.78, 5) is 25.1. The second-order valence-electron chi connectivity index (χ2n) is 6.83. The predicted octanol–water partition coefficient (Wildman–Crippen LogP) is 2.31. The largest absolute Gasteiger partial charge is 0.497 e. The predicted molar refractivity (Wildman–Crippen MR) is 110 cm³/mol. The minimum atomic E-state index is -0.0472. The molecule has 29 heavy (non-hydrogen) atoms. The number of hydrogen-bond donors (Lipinski definition) is 1. The number of ether oxygens (including phenoxy) is 1. The van der Waals surface area contributed by atoms with E-state index in [2.05, 4.69) is 26.3 Å².